The first-order valence-corrected chi connectivity index (χ1v) is 9.46. The normalized spacial score (nSPS) is 15.7. The first kappa shape index (κ1) is 24.0. The zero-order valence-electron chi connectivity index (χ0n) is 17.1. The van der Waals surface area contributed by atoms with E-state index in [1.807, 2.05) is 39.7 Å². The zero-order chi connectivity index (χ0) is 19.7. The molecule has 0 bridgehead atoms. The quantitative estimate of drug-likeness (QED) is 0.495. The Bertz CT molecular complexity index is 426. The van der Waals surface area contributed by atoms with Crippen molar-refractivity contribution in [2.45, 2.75) is 85.3 Å². The van der Waals surface area contributed by atoms with Crippen LogP contribution >= 0.6 is 0 Å². The summed E-state index contributed by atoms with van der Waals surface area (Å²) in [4.78, 5) is 30.9. The molecule has 0 aromatic heterocycles. The van der Waals surface area contributed by atoms with Crippen LogP contribution in [0.4, 0.5) is 0 Å². The third-order valence-corrected chi connectivity index (χ3v) is 4.79. The molecule has 0 heterocycles. The van der Waals surface area contributed by atoms with Crippen LogP contribution in [0.5, 0.6) is 0 Å². The SMILES string of the molecule is CCCN(OC(C)(C)C(=O)NCCO)C(C)(CC)CC(=O)C(C)CC. The van der Waals surface area contributed by atoms with Crippen molar-refractivity contribution in [3.8, 4) is 0 Å². The van der Waals surface area contributed by atoms with E-state index in [4.69, 9.17) is 9.94 Å². The van der Waals surface area contributed by atoms with E-state index in [9.17, 15) is 9.59 Å². The highest BCUT2D eigenvalue weighted by molar-refractivity contribution is 5.84. The van der Waals surface area contributed by atoms with Crippen LogP contribution in [-0.2, 0) is 14.4 Å². The minimum absolute atomic E-state index is 0.0233. The van der Waals surface area contributed by atoms with Gasteiger partial charge in [0, 0.05) is 25.4 Å². The Morgan fingerprint density at radius 1 is 1.20 bits per heavy atom. The van der Waals surface area contributed by atoms with E-state index in [-0.39, 0.29) is 30.8 Å². The van der Waals surface area contributed by atoms with Crippen molar-refractivity contribution < 1.29 is 19.5 Å². The van der Waals surface area contributed by atoms with Gasteiger partial charge in [-0.15, -0.1) is 0 Å². The molecule has 0 aliphatic carbocycles. The highest BCUT2D eigenvalue weighted by Gasteiger charge is 2.40. The third-order valence-electron chi connectivity index (χ3n) is 4.79. The molecule has 0 saturated carbocycles. The van der Waals surface area contributed by atoms with E-state index in [0.29, 0.717) is 13.0 Å². The lowest BCUT2D eigenvalue weighted by atomic mass is 9.86. The lowest BCUT2D eigenvalue weighted by molar-refractivity contribution is -0.273. The van der Waals surface area contributed by atoms with E-state index >= 15 is 0 Å². The van der Waals surface area contributed by atoms with Crippen LogP contribution < -0.4 is 5.32 Å². The largest absolute Gasteiger partial charge is 0.395 e. The van der Waals surface area contributed by atoms with E-state index in [2.05, 4.69) is 5.32 Å². The Labute approximate surface area is 153 Å². The van der Waals surface area contributed by atoms with Crippen molar-refractivity contribution in [2.24, 2.45) is 5.92 Å². The number of aliphatic hydroxyl groups is 1. The van der Waals surface area contributed by atoms with Crippen LogP contribution in [0.25, 0.3) is 0 Å². The minimum Gasteiger partial charge on any atom is -0.395 e. The maximum Gasteiger partial charge on any atom is 0.253 e. The second-order valence-electron chi connectivity index (χ2n) is 7.49. The molecule has 6 nitrogen and oxygen atoms in total. The van der Waals surface area contributed by atoms with Crippen LogP contribution in [0.3, 0.4) is 0 Å². The molecule has 0 aliphatic rings. The summed E-state index contributed by atoms with van der Waals surface area (Å²) in [6, 6.07) is 0. The highest BCUT2D eigenvalue weighted by Crippen LogP contribution is 2.29. The van der Waals surface area contributed by atoms with Gasteiger partial charge in [-0.25, -0.2) is 0 Å². The van der Waals surface area contributed by atoms with Gasteiger partial charge in [-0.2, -0.15) is 5.06 Å². The Morgan fingerprint density at radius 2 is 1.80 bits per heavy atom. The Kier molecular flexibility index (Phi) is 10.5. The number of Topliss-reactive ketones (excluding diaryl/α,β-unsaturated/α-hetero) is 1. The van der Waals surface area contributed by atoms with E-state index < -0.39 is 11.1 Å². The molecule has 0 rings (SSSR count). The predicted octanol–water partition coefficient (Wildman–Crippen LogP) is 2.69. The van der Waals surface area contributed by atoms with Gasteiger partial charge in [0.2, 0.25) is 0 Å². The summed E-state index contributed by atoms with van der Waals surface area (Å²) >= 11 is 0. The fraction of sp³-hybridized carbons (Fsp3) is 0.895. The van der Waals surface area contributed by atoms with Gasteiger partial charge in [0.1, 0.15) is 5.78 Å². The fourth-order valence-electron chi connectivity index (χ4n) is 2.49. The molecule has 0 saturated heterocycles. The van der Waals surface area contributed by atoms with Gasteiger partial charge in [-0.05, 0) is 40.0 Å². The van der Waals surface area contributed by atoms with Gasteiger partial charge < -0.3 is 10.4 Å². The molecule has 2 N–H and O–H groups in total. The molecule has 0 radical (unpaired) electrons. The van der Waals surface area contributed by atoms with Crippen molar-refractivity contribution in [3.05, 3.63) is 0 Å². The molecule has 6 heteroatoms. The number of amides is 1. The molecule has 0 aromatic carbocycles. The monoisotopic (exact) mass is 358 g/mol. The Hall–Kier alpha value is -0.980. The van der Waals surface area contributed by atoms with Crippen LogP contribution in [0.2, 0.25) is 0 Å². The van der Waals surface area contributed by atoms with Gasteiger partial charge in [0.15, 0.2) is 5.60 Å². The zero-order valence-corrected chi connectivity index (χ0v) is 17.1. The summed E-state index contributed by atoms with van der Waals surface area (Å²) in [6.45, 7) is 14.2. The molecule has 148 valence electrons. The van der Waals surface area contributed by atoms with Crippen LogP contribution in [-0.4, -0.2) is 52.7 Å². The van der Waals surface area contributed by atoms with E-state index in [0.717, 1.165) is 19.3 Å². The van der Waals surface area contributed by atoms with Crippen LogP contribution in [0.1, 0.15) is 74.1 Å². The van der Waals surface area contributed by atoms with Gasteiger partial charge in [0.05, 0.1) is 12.1 Å². The number of hydroxylamine groups is 2. The molecule has 0 aliphatic heterocycles. The van der Waals surface area contributed by atoms with Crippen molar-refractivity contribution in [3.63, 3.8) is 0 Å². The fourth-order valence-corrected chi connectivity index (χ4v) is 2.49. The number of carbonyl (C=O) groups excluding carboxylic acids is 2. The van der Waals surface area contributed by atoms with Crippen molar-refractivity contribution in [1.82, 2.24) is 10.4 Å². The number of rotatable bonds is 13. The second kappa shape index (κ2) is 10.9. The van der Waals surface area contributed by atoms with Crippen molar-refractivity contribution in [2.75, 3.05) is 19.7 Å². The molecule has 0 aromatic rings. The lowest BCUT2D eigenvalue weighted by Crippen LogP contribution is -2.55. The number of carbonyl (C=O) groups is 2. The molecule has 25 heavy (non-hydrogen) atoms. The van der Waals surface area contributed by atoms with E-state index in [1.54, 1.807) is 13.8 Å². The Balaban J connectivity index is 5.32. The maximum absolute atomic E-state index is 12.5. The van der Waals surface area contributed by atoms with Gasteiger partial charge >= 0.3 is 0 Å². The smallest absolute Gasteiger partial charge is 0.253 e. The standard InChI is InChI=1S/C19H38N2O4/c1-8-12-21(25-18(5,6)17(24)20-11-13-22)19(7,10-3)14-16(23)15(4)9-2/h15,22H,8-14H2,1-7H3,(H,20,24). The van der Waals surface area contributed by atoms with Gasteiger partial charge in [-0.3, -0.25) is 14.4 Å². The summed E-state index contributed by atoms with van der Waals surface area (Å²) in [5, 5.41) is 13.3. The molecule has 2 unspecified atom stereocenters. The predicted molar refractivity (Wildman–Crippen MR) is 100 cm³/mol. The second-order valence-corrected chi connectivity index (χ2v) is 7.49. The molecular weight excluding hydrogens is 320 g/mol. The molecule has 0 fully saturated rings. The summed E-state index contributed by atoms with van der Waals surface area (Å²) in [6.07, 6.45) is 2.81. The summed E-state index contributed by atoms with van der Waals surface area (Å²) in [5.41, 5.74) is -1.55. The van der Waals surface area contributed by atoms with Crippen molar-refractivity contribution >= 4 is 11.7 Å². The molecule has 1 amide bonds. The topological polar surface area (TPSA) is 78.9 Å². The third kappa shape index (κ3) is 7.42. The average molecular weight is 359 g/mol. The molecule has 0 spiro atoms. The molecule has 2 atom stereocenters. The Morgan fingerprint density at radius 3 is 2.24 bits per heavy atom. The number of hydrogen-bond acceptors (Lipinski definition) is 5. The number of aliphatic hydroxyl groups excluding tert-OH is 1. The molecular formula is C19H38N2O4. The van der Waals surface area contributed by atoms with Gasteiger partial charge in [-0.1, -0.05) is 27.7 Å². The van der Waals surface area contributed by atoms with Crippen LogP contribution in [0.15, 0.2) is 0 Å². The van der Waals surface area contributed by atoms with E-state index in [1.165, 1.54) is 0 Å². The number of nitrogens with one attached hydrogen (secondary N) is 1. The maximum atomic E-state index is 12.5. The summed E-state index contributed by atoms with van der Waals surface area (Å²) < 4.78 is 0. The first-order valence-electron chi connectivity index (χ1n) is 9.46. The lowest BCUT2D eigenvalue weighted by Gasteiger charge is -2.43. The number of hydrogen-bond donors (Lipinski definition) is 2. The highest BCUT2D eigenvalue weighted by atomic mass is 16.7. The minimum atomic E-state index is -1.08. The van der Waals surface area contributed by atoms with Gasteiger partial charge in [0.25, 0.3) is 5.91 Å². The van der Waals surface area contributed by atoms with Crippen LogP contribution in [0, 0.1) is 5.92 Å². The summed E-state index contributed by atoms with van der Waals surface area (Å²) in [7, 11) is 0. The first-order chi connectivity index (χ1) is 11.6. The summed E-state index contributed by atoms with van der Waals surface area (Å²) in [5.74, 6) is -0.0383. The average Bonchev–Trinajstić information content (AvgIpc) is 2.57. The number of ketones is 1. The van der Waals surface area contributed by atoms with Crippen molar-refractivity contribution in [1.29, 1.82) is 0 Å². The number of nitrogens with zero attached hydrogens (tertiary/aromatic N) is 1.